The second kappa shape index (κ2) is 2.23. The Morgan fingerprint density at radius 1 is 1.64 bits per heavy atom. The number of hydrogen-bond donors (Lipinski definition) is 2. The van der Waals surface area contributed by atoms with E-state index in [9.17, 15) is 4.79 Å². The molecule has 0 fully saturated rings. The summed E-state index contributed by atoms with van der Waals surface area (Å²) >= 11 is 0. The third kappa shape index (κ3) is 1.51. The van der Waals surface area contributed by atoms with Crippen LogP contribution in [0, 0.1) is 0 Å². The standard InChI is InChI=1S/C7H13N3O/c1-7(2,8)5-4-6(11)9-10(5)3/h4H,8H2,1-3H3,(H,9,11). The van der Waals surface area contributed by atoms with Crippen molar-refractivity contribution in [3.8, 4) is 0 Å². The van der Waals surface area contributed by atoms with Gasteiger partial charge in [0.05, 0.1) is 11.2 Å². The number of aromatic nitrogens is 2. The van der Waals surface area contributed by atoms with Gasteiger partial charge in [-0.15, -0.1) is 0 Å². The van der Waals surface area contributed by atoms with Gasteiger partial charge in [-0.25, -0.2) is 0 Å². The van der Waals surface area contributed by atoms with Crippen LogP contribution in [0.2, 0.25) is 0 Å². The molecule has 4 nitrogen and oxygen atoms in total. The van der Waals surface area contributed by atoms with Gasteiger partial charge in [0.1, 0.15) is 0 Å². The van der Waals surface area contributed by atoms with Crippen molar-refractivity contribution >= 4 is 0 Å². The Kier molecular flexibility index (Phi) is 1.64. The van der Waals surface area contributed by atoms with E-state index in [4.69, 9.17) is 5.73 Å². The molecule has 1 aromatic rings. The van der Waals surface area contributed by atoms with E-state index in [1.54, 1.807) is 11.7 Å². The van der Waals surface area contributed by atoms with Gasteiger partial charge < -0.3 is 5.73 Å². The maximum absolute atomic E-state index is 10.8. The number of hydrogen-bond acceptors (Lipinski definition) is 2. The van der Waals surface area contributed by atoms with E-state index in [1.165, 1.54) is 6.07 Å². The van der Waals surface area contributed by atoms with Gasteiger partial charge in [0.25, 0.3) is 5.56 Å². The van der Waals surface area contributed by atoms with Crippen LogP contribution in [0.15, 0.2) is 10.9 Å². The van der Waals surface area contributed by atoms with Crippen molar-refractivity contribution in [3.63, 3.8) is 0 Å². The topological polar surface area (TPSA) is 63.8 Å². The zero-order chi connectivity index (χ0) is 8.65. The summed E-state index contributed by atoms with van der Waals surface area (Å²) in [6.45, 7) is 3.71. The van der Waals surface area contributed by atoms with Gasteiger partial charge in [-0.05, 0) is 13.8 Å². The highest BCUT2D eigenvalue weighted by molar-refractivity contribution is 5.10. The molecule has 1 aromatic heterocycles. The molecule has 0 aliphatic heterocycles. The van der Waals surface area contributed by atoms with Crippen LogP contribution in [-0.4, -0.2) is 9.78 Å². The molecule has 1 rings (SSSR count). The van der Waals surface area contributed by atoms with Gasteiger partial charge in [-0.3, -0.25) is 14.6 Å². The van der Waals surface area contributed by atoms with Crippen molar-refractivity contribution in [1.82, 2.24) is 9.78 Å². The van der Waals surface area contributed by atoms with Crippen LogP contribution in [0.5, 0.6) is 0 Å². The molecule has 0 aromatic carbocycles. The summed E-state index contributed by atoms with van der Waals surface area (Å²) in [6.07, 6.45) is 0. The maximum atomic E-state index is 10.8. The fourth-order valence-electron chi connectivity index (χ4n) is 1.10. The fourth-order valence-corrected chi connectivity index (χ4v) is 1.10. The molecule has 1 heterocycles. The normalized spacial score (nSPS) is 12.0. The third-order valence-corrected chi connectivity index (χ3v) is 1.57. The summed E-state index contributed by atoms with van der Waals surface area (Å²) in [5, 5.41) is 2.60. The highest BCUT2D eigenvalue weighted by atomic mass is 16.1. The first-order valence-electron chi connectivity index (χ1n) is 3.46. The largest absolute Gasteiger partial charge is 0.321 e. The lowest BCUT2D eigenvalue weighted by molar-refractivity contribution is 0.496. The Labute approximate surface area is 65.0 Å². The van der Waals surface area contributed by atoms with E-state index in [0.717, 1.165) is 5.69 Å². The van der Waals surface area contributed by atoms with E-state index in [1.807, 2.05) is 13.8 Å². The van der Waals surface area contributed by atoms with Gasteiger partial charge in [-0.2, -0.15) is 0 Å². The number of nitrogens with zero attached hydrogens (tertiary/aromatic N) is 1. The minimum atomic E-state index is -0.464. The first-order valence-corrected chi connectivity index (χ1v) is 3.46. The van der Waals surface area contributed by atoms with Crippen molar-refractivity contribution in [1.29, 1.82) is 0 Å². The first kappa shape index (κ1) is 8.07. The Balaban J connectivity index is 3.24. The number of aromatic amines is 1. The second-order valence-corrected chi connectivity index (χ2v) is 3.29. The van der Waals surface area contributed by atoms with Gasteiger partial charge >= 0.3 is 0 Å². The van der Waals surface area contributed by atoms with Crippen LogP contribution in [0.4, 0.5) is 0 Å². The average molecular weight is 155 g/mol. The van der Waals surface area contributed by atoms with Crippen LogP contribution < -0.4 is 11.3 Å². The van der Waals surface area contributed by atoms with E-state index in [0.29, 0.717) is 0 Å². The van der Waals surface area contributed by atoms with Crippen molar-refractivity contribution < 1.29 is 0 Å². The Bertz CT molecular complexity index is 302. The number of H-pyrrole nitrogens is 1. The Morgan fingerprint density at radius 2 is 2.18 bits per heavy atom. The molecule has 62 valence electrons. The summed E-state index contributed by atoms with van der Waals surface area (Å²) in [5.41, 5.74) is 6.02. The minimum absolute atomic E-state index is 0.110. The molecule has 0 saturated carbocycles. The average Bonchev–Trinajstić information content (AvgIpc) is 2.08. The van der Waals surface area contributed by atoms with Gasteiger partial charge in [-0.1, -0.05) is 0 Å². The molecular formula is C7H13N3O. The van der Waals surface area contributed by atoms with E-state index in [2.05, 4.69) is 5.10 Å². The Hall–Kier alpha value is -1.03. The summed E-state index contributed by atoms with van der Waals surface area (Å²) in [7, 11) is 1.77. The molecular weight excluding hydrogens is 142 g/mol. The molecule has 0 unspecified atom stereocenters. The molecule has 0 aliphatic rings. The Morgan fingerprint density at radius 3 is 2.36 bits per heavy atom. The lowest BCUT2D eigenvalue weighted by atomic mass is 10.0. The predicted molar refractivity (Wildman–Crippen MR) is 43.2 cm³/mol. The van der Waals surface area contributed by atoms with Crippen LogP contribution in [0.3, 0.4) is 0 Å². The highest BCUT2D eigenvalue weighted by Gasteiger charge is 2.18. The van der Waals surface area contributed by atoms with Crippen molar-refractivity contribution in [2.75, 3.05) is 0 Å². The SMILES string of the molecule is Cn1[nH]c(=O)cc1C(C)(C)N. The fraction of sp³-hybridized carbons (Fsp3) is 0.571. The van der Waals surface area contributed by atoms with E-state index >= 15 is 0 Å². The molecule has 0 atom stereocenters. The van der Waals surface area contributed by atoms with Crippen molar-refractivity contribution in [2.45, 2.75) is 19.4 Å². The molecule has 0 radical (unpaired) electrons. The van der Waals surface area contributed by atoms with Crippen LogP contribution in [0.25, 0.3) is 0 Å². The second-order valence-electron chi connectivity index (χ2n) is 3.29. The summed E-state index contributed by atoms with van der Waals surface area (Å²) in [4.78, 5) is 10.8. The van der Waals surface area contributed by atoms with Crippen LogP contribution in [-0.2, 0) is 12.6 Å². The number of rotatable bonds is 1. The zero-order valence-electron chi connectivity index (χ0n) is 7.01. The number of aryl methyl sites for hydroxylation is 1. The quantitative estimate of drug-likeness (QED) is 0.595. The van der Waals surface area contributed by atoms with Crippen LogP contribution >= 0.6 is 0 Å². The van der Waals surface area contributed by atoms with Gasteiger partial charge in [0.2, 0.25) is 0 Å². The number of nitrogens with two attached hydrogens (primary N) is 1. The highest BCUT2D eigenvalue weighted by Crippen LogP contribution is 2.12. The smallest absolute Gasteiger partial charge is 0.264 e. The van der Waals surface area contributed by atoms with E-state index in [-0.39, 0.29) is 5.56 Å². The summed E-state index contributed by atoms with van der Waals surface area (Å²) in [6, 6.07) is 1.51. The summed E-state index contributed by atoms with van der Waals surface area (Å²) < 4.78 is 1.64. The van der Waals surface area contributed by atoms with Crippen molar-refractivity contribution in [3.05, 3.63) is 22.1 Å². The monoisotopic (exact) mass is 155 g/mol. The van der Waals surface area contributed by atoms with E-state index < -0.39 is 5.54 Å². The lowest BCUT2D eigenvalue weighted by Crippen LogP contribution is -2.31. The maximum Gasteiger partial charge on any atom is 0.264 e. The zero-order valence-corrected chi connectivity index (χ0v) is 7.01. The third-order valence-electron chi connectivity index (χ3n) is 1.57. The van der Waals surface area contributed by atoms with Crippen LogP contribution in [0.1, 0.15) is 19.5 Å². The first-order chi connectivity index (χ1) is 4.91. The molecule has 0 aliphatic carbocycles. The summed E-state index contributed by atoms with van der Waals surface area (Å²) in [5.74, 6) is 0. The lowest BCUT2D eigenvalue weighted by Gasteiger charge is -2.18. The molecule has 3 N–H and O–H groups in total. The molecule has 4 heteroatoms. The van der Waals surface area contributed by atoms with Crippen molar-refractivity contribution in [2.24, 2.45) is 12.8 Å². The predicted octanol–water partition coefficient (Wildman–Crippen LogP) is -0.0928. The molecule has 0 bridgehead atoms. The molecule has 0 saturated heterocycles. The van der Waals surface area contributed by atoms with Gasteiger partial charge in [0.15, 0.2) is 0 Å². The minimum Gasteiger partial charge on any atom is -0.321 e. The number of nitrogens with one attached hydrogen (secondary N) is 1. The molecule has 0 amide bonds. The van der Waals surface area contributed by atoms with Gasteiger partial charge in [0, 0.05) is 13.1 Å². The molecule has 11 heavy (non-hydrogen) atoms. The molecule has 0 spiro atoms.